The number of amides is 1. The maximum atomic E-state index is 11.9. The minimum absolute atomic E-state index is 0.186. The summed E-state index contributed by atoms with van der Waals surface area (Å²) in [5, 5.41) is 3.03. The third-order valence-corrected chi connectivity index (χ3v) is 4.19. The molecule has 0 unspecified atom stereocenters. The zero-order chi connectivity index (χ0) is 11.9. The molecule has 0 saturated heterocycles. The zero-order valence-corrected chi connectivity index (χ0v) is 11.1. The normalized spacial score (nSPS) is 17.9. The van der Waals surface area contributed by atoms with Crippen molar-refractivity contribution in [2.75, 3.05) is 25.1 Å². The first-order chi connectivity index (χ1) is 7.75. The van der Waals surface area contributed by atoms with Gasteiger partial charge >= 0.3 is 0 Å². The van der Waals surface area contributed by atoms with Crippen molar-refractivity contribution in [3.63, 3.8) is 0 Å². The van der Waals surface area contributed by atoms with Crippen LogP contribution in [0.25, 0.3) is 0 Å². The number of carbonyl (C=O) groups is 1. The molecule has 1 fully saturated rings. The van der Waals surface area contributed by atoms with Crippen molar-refractivity contribution in [1.82, 2.24) is 5.32 Å². The molecule has 1 rings (SSSR count). The van der Waals surface area contributed by atoms with E-state index in [0.29, 0.717) is 6.54 Å². The Balaban J connectivity index is 2.06. The molecule has 16 heavy (non-hydrogen) atoms. The summed E-state index contributed by atoms with van der Waals surface area (Å²) in [5.41, 5.74) is 5.47. The fourth-order valence-corrected chi connectivity index (χ4v) is 2.56. The van der Waals surface area contributed by atoms with Crippen LogP contribution in [0.1, 0.15) is 38.5 Å². The van der Waals surface area contributed by atoms with E-state index in [-0.39, 0.29) is 11.3 Å². The number of carbonyl (C=O) groups excluding carboxylic acids is 1. The van der Waals surface area contributed by atoms with Crippen LogP contribution in [-0.2, 0) is 4.79 Å². The van der Waals surface area contributed by atoms with E-state index in [1.165, 1.54) is 18.6 Å². The van der Waals surface area contributed by atoms with E-state index in [2.05, 4.69) is 11.6 Å². The highest BCUT2D eigenvalue weighted by Gasteiger charge is 2.42. The molecule has 3 N–H and O–H groups in total. The van der Waals surface area contributed by atoms with E-state index in [4.69, 9.17) is 5.73 Å². The summed E-state index contributed by atoms with van der Waals surface area (Å²) in [7, 11) is 0. The molecule has 94 valence electrons. The van der Waals surface area contributed by atoms with Gasteiger partial charge in [0.1, 0.15) is 0 Å². The van der Waals surface area contributed by atoms with Crippen LogP contribution in [0.5, 0.6) is 0 Å². The van der Waals surface area contributed by atoms with Gasteiger partial charge in [0.05, 0.1) is 5.41 Å². The van der Waals surface area contributed by atoms with Crippen LogP contribution in [-0.4, -0.2) is 31.0 Å². The van der Waals surface area contributed by atoms with Gasteiger partial charge in [-0.25, -0.2) is 0 Å². The molecule has 0 heterocycles. The van der Waals surface area contributed by atoms with E-state index in [9.17, 15) is 4.79 Å². The number of thioether (sulfide) groups is 1. The SMILES string of the molecule is CSCCCCCNC(=O)C1(CN)CCC1. The fraction of sp³-hybridized carbons (Fsp3) is 0.917. The molecule has 0 radical (unpaired) electrons. The number of nitrogens with one attached hydrogen (secondary N) is 1. The summed E-state index contributed by atoms with van der Waals surface area (Å²) in [4.78, 5) is 11.9. The molecule has 1 amide bonds. The Kier molecular flexibility index (Phi) is 6.21. The summed E-state index contributed by atoms with van der Waals surface area (Å²) >= 11 is 1.88. The number of rotatable bonds is 8. The van der Waals surface area contributed by atoms with Gasteiger partial charge in [-0.2, -0.15) is 11.8 Å². The first-order valence-corrected chi connectivity index (χ1v) is 7.62. The van der Waals surface area contributed by atoms with Gasteiger partial charge in [0.15, 0.2) is 0 Å². The van der Waals surface area contributed by atoms with Gasteiger partial charge in [0.25, 0.3) is 0 Å². The minimum atomic E-state index is -0.209. The smallest absolute Gasteiger partial charge is 0.227 e. The summed E-state index contributed by atoms with van der Waals surface area (Å²) in [5.74, 6) is 1.41. The topological polar surface area (TPSA) is 55.1 Å². The molecule has 0 aromatic carbocycles. The lowest BCUT2D eigenvalue weighted by Crippen LogP contribution is -2.50. The van der Waals surface area contributed by atoms with Gasteiger partial charge in [0, 0.05) is 13.1 Å². The molecular formula is C12H24N2OS. The standard InChI is InChI=1S/C12H24N2OS/c1-16-9-4-2-3-8-14-11(15)12(10-13)6-5-7-12/h2-10,13H2,1H3,(H,14,15). The van der Waals surface area contributed by atoms with Crippen molar-refractivity contribution >= 4 is 17.7 Å². The van der Waals surface area contributed by atoms with Gasteiger partial charge in [-0.1, -0.05) is 12.8 Å². The van der Waals surface area contributed by atoms with Gasteiger partial charge in [-0.05, 0) is 37.7 Å². The predicted molar refractivity (Wildman–Crippen MR) is 70.6 cm³/mol. The lowest BCUT2D eigenvalue weighted by atomic mass is 9.68. The Bertz CT molecular complexity index is 212. The van der Waals surface area contributed by atoms with Crippen molar-refractivity contribution in [3.8, 4) is 0 Å². The van der Waals surface area contributed by atoms with E-state index in [0.717, 1.165) is 32.2 Å². The highest BCUT2D eigenvalue weighted by molar-refractivity contribution is 7.98. The second kappa shape index (κ2) is 7.17. The van der Waals surface area contributed by atoms with Crippen LogP contribution in [0, 0.1) is 5.41 Å². The molecule has 0 spiro atoms. The van der Waals surface area contributed by atoms with Crippen LogP contribution in [0.4, 0.5) is 0 Å². The maximum Gasteiger partial charge on any atom is 0.227 e. The summed E-state index contributed by atoms with van der Waals surface area (Å²) in [6.45, 7) is 1.32. The van der Waals surface area contributed by atoms with Crippen LogP contribution in [0.15, 0.2) is 0 Å². The Labute approximate surface area is 103 Å². The molecule has 0 atom stereocenters. The fourth-order valence-electron chi connectivity index (χ4n) is 2.07. The van der Waals surface area contributed by atoms with Gasteiger partial charge in [0.2, 0.25) is 5.91 Å². The molecule has 0 aliphatic heterocycles. The number of hydrogen-bond acceptors (Lipinski definition) is 3. The molecule has 1 aliphatic carbocycles. The monoisotopic (exact) mass is 244 g/mol. The Hall–Kier alpha value is -0.220. The number of hydrogen-bond donors (Lipinski definition) is 2. The number of nitrogens with two attached hydrogens (primary N) is 1. The Morgan fingerprint density at radius 2 is 2.12 bits per heavy atom. The van der Waals surface area contributed by atoms with Crippen molar-refractivity contribution in [2.45, 2.75) is 38.5 Å². The van der Waals surface area contributed by atoms with Crippen LogP contribution in [0.3, 0.4) is 0 Å². The van der Waals surface area contributed by atoms with Crippen LogP contribution >= 0.6 is 11.8 Å². The molecule has 0 bridgehead atoms. The second-order valence-electron chi connectivity index (χ2n) is 4.65. The average molecular weight is 244 g/mol. The number of unbranched alkanes of at least 4 members (excludes halogenated alkanes) is 2. The molecule has 0 aromatic rings. The largest absolute Gasteiger partial charge is 0.356 e. The second-order valence-corrected chi connectivity index (χ2v) is 5.63. The first kappa shape index (κ1) is 13.8. The van der Waals surface area contributed by atoms with Gasteiger partial charge in [-0.3, -0.25) is 4.79 Å². The third kappa shape index (κ3) is 3.67. The van der Waals surface area contributed by atoms with E-state index in [1.807, 2.05) is 11.8 Å². The van der Waals surface area contributed by atoms with Crippen molar-refractivity contribution < 1.29 is 4.79 Å². The minimum Gasteiger partial charge on any atom is -0.356 e. The lowest BCUT2D eigenvalue weighted by molar-refractivity contribution is -0.135. The van der Waals surface area contributed by atoms with Crippen molar-refractivity contribution in [3.05, 3.63) is 0 Å². The summed E-state index contributed by atoms with van der Waals surface area (Å²) < 4.78 is 0. The van der Waals surface area contributed by atoms with E-state index >= 15 is 0 Å². The molecule has 1 saturated carbocycles. The predicted octanol–water partition coefficient (Wildman–Crippen LogP) is 1.76. The Morgan fingerprint density at radius 1 is 1.38 bits per heavy atom. The van der Waals surface area contributed by atoms with Crippen molar-refractivity contribution in [2.24, 2.45) is 11.1 Å². The van der Waals surface area contributed by atoms with Crippen LogP contribution < -0.4 is 11.1 Å². The molecular weight excluding hydrogens is 220 g/mol. The maximum absolute atomic E-state index is 11.9. The summed E-state index contributed by atoms with van der Waals surface area (Å²) in [6, 6.07) is 0. The highest BCUT2D eigenvalue weighted by atomic mass is 32.2. The van der Waals surface area contributed by atoms with E-state index in [1.54, 1.807) is 0 Å². The molecule has 4 heteroatoms. The Morgan fingerprint density at radius 3 is 2.62 bits per heavy atom. The zero-order valence-electron chi connectivity index (χ0n) is 10.3. The molecule has 3 nitrogen and oxygen atoms in total. The van der Waals surface area contributed by atoms with E-state index < -0.39 is 0 Å². The van der Waals surface area contributed by atoms with Gasteiger partial charge in [-0.15, -0.1) is 0 Å². The molecule has 0 aromatic heterocycles. The summed E-state index contributed by atoms with van der Waals surface area (Å²) in [6.07, 6.45) is 8.77. The quantitative estimate of drug-likeness (QED) is 0.640. The first-order valence-electron chi connectivity index (χ1n) is 6.22. The third-order valence-electron chi connectivity index (χ3n) is 3.49. The molecule has 1 aliphatic rings. The highest BCUT2D eigenvalue weighted by Crippen LogP contribution is 2.39. The van der Waals surface area contributed by atoms with Gasteiger partial charge < -0.3 is 11.1 Å². The van der Waals surface area contributed by atoms with Crippen molar-refractivity contribution in [1.29, 1.82) is 0 Å². The lowest BCUT2D eigenvalue weighted by Gasteiger charge is -2.39. The average Bonchev–Trinajstić information content (AvgIpc) is 2.22. The van der Waals surface area contributed by atoms with Crippen LogP contribution in [0.2, 0.25) is 0 Å².